The molecule has 28 heavy (non-hydrogen) atoms. The molecule has 0 aliphatic carbocycles. The molecule has 1 aromatic carbocycles. The SMILES string of the molecule is CC(C)Oc1cc(C(=O)N2CCN(c3ncccn3)CC2)cc2oc(Br)cc12. The molecule has 1 saturated heterocycles. The highest BCUT2D eigenvalue weighted by atomic mass is 79.9. The molecule has 8 heteroatoms. The van der Waals surface area contributed by atoms with Crippen LogP contribution in [0.2, 0.25) is 0 Å². The predicted molar refractivity (Wildman–Crippen MR) is 110 cm³/mol. The number of anilines is 1. The number of furan rings is 1. The Morgan fingerprint density at radius 3 is 2.54 bits per heavy atom. The zero-order chi connectivity index (χ0) is 19.7. The molecule has 4 rings (SSSR count). The average Bonchev–Trinajstić information content (AvgIpc) is 3.08. The summed E-state index contributed by atoms with van der Waals surface area (Å²) < 4.78 is 12.2. The maximum Gasteiger partial charge on any atom is 0.254 e. The van der Waals surface area contributed by atoms with Crippen LogP contribution in [0.25, 0.3) is 11.0 Å². The molecule has 1 aliphatic heterocycles. The molecule has 3 aromatic rings. The van der Waals surface area contributed by atoms with Crippen LogP contribution in [-0.4, -0.2) is 53.1 Å². The Balaban J connectivity index is 1.54. The van der Waals surface area contributed by atoms with E-state index in [4.69, 9.17) is 9.15 Å². The second kappa shape index (κ2) is 7.79. The van der Waals surface area contributed by atoms with Crippen LogP contribution in [0, 0.1) is 0 Å². The molecule has 0 N–H and O–H groups in total. The number of halogens is 1. The van der Waals surface area contributed by atoms with E-state index >= 15 is 0 Å². The normalized spacial score (nSPS) is 14.7. The smallest absolute Gasteiger partial charge is 0.254 e. The van der Waals surface area contributed by atoms with Gasteiger partial charge in [0, 0.05) is 50.2 Å². The van der Waals surface area contributed by atoms with E-state index in [0.717, 1.165) is 5.39 Å². The Morgan fingerprint density at radius 1 is 1.14 bits per heavy atom. The van der Waals surface area contributed by atoms with Crippen LogP contribution in [0.5, 0.6) is 5.75 Å². The van der Waals surface area contributed by atoms with E-state index in [2.05, 4.69) is 30.8 Å². The van der Waals surface area contributed by atoms with Crippen molar-refractivity contribution in [1.29, 1.82) is 0 Å². The molecular weight excluding hydrogens is 424 g/mol. The standard InChI is InChI=1S/C20H21BrN4O3/c1-13(2)27-16-10-14(11-17-15(16)12-18(21)28-17)19(26)24-6-8-25(9-7-24)20-22-4-3-5-23-20/h3-5,10-13H,6-9H2,1-2H3. The van der Waals surface area contributed by atoms with Crippen molar-refractivity contribution in [2.45, 2.75) is 20.0 Å². The fraction of sp³-hybridized carbons (Fsp3) is 0.350. The number of fused-ring (bicyclic) bond motifs is 1. The number of hydrogen-bond acceptors (Lipinski definition) is 6. The van der Waals surface area contributed by atoms with Gasteiger partial charge in [0.2, 0.25) is 5.95 Å². The molecule has 0 radical (unpaired) electrons. The first-order valence-corrected chi connectivity index (χ1v) is 10.0. The Hall–Kier alpha value is -2.61. The van der Waals surface area contributed by atoms with Crippen molar-refractivity contribution in [2.24, 2.45) is 0 Å². The topological polar surface area (TPSA) is 71.7 Å². The summed E-state index contributed by atoms with van der Waals surface area (Å²) in [6.07, 6.45) is 3.45. The van der Waals surface area contributed by atoms with Gasteiger partial charge in [0.1, 0.15) is 11.3 Å². The van der Waals surface area contributed by atoms with Crippen molar-refractivity contribution < 1.29 is 13.9 Å². The van der Waals surface area contributed by atoms with Crippen LogP contribution < -0.4 is 9.64 Å². The maximum atomic E-state index is 13.1. The van der Waals surface area contributed by atoms with Gasteiger partial charge in [-0.05, 0) is 48.0 Å². The molecule has 0 unspecified atom stereocenters. The number of nitrogens with zero attached hydrogens (tertiary/aromatic N) is 4. The molecule has 0 saturated carbocycles. The predicted octanol–water partition coefficient (Wildman–Crippen LogP) is 3.73. The van der Waals surface area contributed by atoms with Gasteiger partial charge in [0.05, 0.1) is 11.5 Å². The molecule has 2 aromatic heterocycles. The summed E-state index contributed by atoms with van der Waals surface area (Å²) in [7, 11) is 0. The first kappa shape index (κ1) is 18.7. The number of hydrogen-bond donors (Lipinski definition) is 0. The van der Waals surface area contributed by atoms with Crippen LogP contribution in [-0.2, 0) is 0 Å². The Kier molecular flexibility index (Phi) is 5.21. The van der Waals surface area contributed by atoms with Crippen molar-refractivity contribution >= 4 is 38.8 Å². The summed E-state index contributed by atoms with van der Waals surface area (Å²) in [5.74, 6) is 1.32. The maximum absolute atomic E-state index is 13.1. The van der Waals surface area contributed by atoms with Crippen LogP contribution in [0.4, 0.5) is 5.95 Å². The number of carbonyl (C=O) groups excluding carboxylic acids is 1. The lowest BCUT2D eigenvalue weighted by atomic mass is 10.1. The third kappa shape index (κ3) is 3.82. The summed E-state index contributed by atoms with van der Waals surface area (Å²) in [6.45, 7) is 6.52. The van der Waals surface area contributed by atoms with E-state index in [1.807, 2.05) is 24.8 Å². The van der Waals surface area contributed by atoms with E-state index in [1.54, 1.807) is 30.6 Å². The minimum absolute atomic E-state index is 0.00311. The summed E-state index contributed by atoms with van der Waals surface area (Å²) in [5, 5.41) is 0.850. The average molecular weight is 445 g/mol. The molecule has 7 nitrogen and oxygen atoms in total. The molecule has 0 bridgehead atoms. The molecule has 0 spiro atoms. The van der Waals surface area contributed by atoms with E-state index in [9.17, 15) is 4.79 Å². The fourth-order valence-electron chi connectivity index (χ4n) is 3.30. The highest BCUT2D eigenvalue weighted by Crippen LogP contribution is 2.33. The van der Waals surface area contributed by atoms with Crippen molar-refractivity contribution in [2.75, 3.05) is 31.1 Å². The van der Waals surface area contributed by atoms with Crippen molar-refractivity contribution in [3.05, 3.63) is 46.9 Å². The first-order valence-electron chi connectivity index (χ1n) is 9.22. The lowest BCUT2D eigenvalue weighted by Crippen LogP contribution is -2.49. The number of ether oxygens (including phenoxy) is 1. The third-order valence-corrected chi connectivity index (χ3v) is 4.97. The fourth-order valence-corrected chi connectivity index (χ4v) is 3.70. The highest BCUT2D eigenvalue weighted by molar-refractivity contribution is 9.10. The van der Waals surface area contributed by atoms with Gasteiger partial charge in [-0.25, -0.2) is 9.97 Å². The Bertz CT molecular complexity index is 982. The number of aromatic nitrogens is 2. The number of rotatable bonds is 4. The van der Waals surface area contributed by atoms with Crippen molar-refractivity contribution in [3.8, 4) is 5.75 Å². The third-order valence-electron chi connectivity index (χ3n) is 4.58. The number of amides is 1. The molecule has 146 valence electrons. The lowest BCUT2D eigenvalue weighted by molar-refractivity contribution is 0.0745. The molecule has 1 fully saturated rings. The lowest BCUT2D eigenvalue weighted by Gasteiger charge is -2.34. The molecule has 1 aliphatic rings. The van der Waals surface area contributed by atoms with Gasteiger partial charge in [-0.2, -0.15) is 0 Å². The van der Waals surface area contributed by atoms with Gasteiger partial charge in [-0.3, -0.25) is 4.79 Å². The molecule has 0 atom stereocenters. The van der Waals surface area contributed by atoms with Crippen LogP contribution >= 0.6 is 15.9 Å². The van der Waals surface area contributed by atoms with Gasteiger partial charge in [-0.1, -0.05) is 0 Å². The van der Waals surface area contributed by atoms with E-state index < -0.39 is 0 Å². The van der Waals surface area contributed by atoms with Crippen molar-refractivity contribution in [1.82, 2.24) is 14.9 Å². The Morgan fingerprint density at radius 2 is 1.86 bits per heavy atom. The number of carbonyl (C=O) groups is 1. The minimum Gasteiger partial charge on any atom is -0.490 e. The first-order chi connectivity index (χ1) is 13.5. The van der Waals surface area contributed by atoms with Gasteiger partial charge in [0.15, 0.2) is 4.67 Å². The van der Waals surface area contributed by atoms with Crippen LogP contribution in [0.3, 0.4) is 0 Å². The molecular formula is C20H21BrN4O3. The Labute approximate surface area is 171 Å². The van der Waals surface area contributed by atoms with E-state index in [0.29, 0.717) is 53.7 Å². The highest BCUT2D eigenvalue weighted by Gasteiger charge is 2.25. The molecule has 3 heterocycles. The zero-order valence-corrected chi connectivity index (χ0v) is 17.3. The molecule has 1 amide bonds. The largest absolute Gasteiger partial charge is 0.490 e. The summed E-state index contributed by atoms with van der Waals surface area (Å²) in [5.41, 5.74) is 1.19. The van der Waals surface area contributed by atoms with Crippen molar-refractivity contribution in [3.63, 3.8) is 0 Å². The second-order valence-electron chi connectivity index (χ2n) is 6.93. The van der Waals surface area contributed by atoms with E-state index in [-0.39, 0.29) is 12.0 Å². The van der Waals surface area contributed by atoms with E-state index in [1.165, 1.54) is 0 Å². The zero-order valence-electron chi connectivity index (χ0n) is 15.8. The number of piperazine rings is 1. The van der Waals surface area contributed by atoms with Gasteiger partial charge < -0.3 is 19.0 Å². The summed E-state index contributed by atoms with van der Waals surface area (Å²) >= 11 is 3.36. The minimum atomic E-state index is -0.0309. The van der Waals surface area contributed by atoms with Gasteiger partial charge in [-0.15, -0.1) is 0 Å². The van der Waals surface area contributed by atoms with Crippen LogP contribution in [0.1, 0.15) is 24.2 Å². The number of benzene rings is 1. The second-order valence-corrected chi connectivity index (χ2v) is 7.71. The summed E-state index contributed by atoms with van der Waals surface area (Å²) in [6, 6.07) is 7.24. The monoisotopic (exact) mass is 444 g/mol. The van der Waals surface area contributed by atoms with Crippen LogP contribution in [0.15, 0.2) is 45.7 Å². The van der Waals surface area contributed by atoms with Gasteiger partial charge in [0.25, 0.3) is 5.91 Å². The van der Waals surface area contributed by atoms with Gasteiger partial charge >= 0.3 is 0 Å². The summed E-state index contributed by atoms with van der Waals surface area (Å²) in [4.78, 5) is 25.6. The quantitative estimate of drug-likeness (QED) is 0.610.